The molecule has 2 aliphatic heterocycles. The van der Waals surface area contributed by atoms with E-state index in [1.54, 1.807) is 13.2 Å². The minimum absolute atomic E-state index is 0.363. The van der Waals surface area contributed by atoms with Crippen LogP contribution in [0.3, 0.4) is 0 Å². The first-order chi connectivity index (χ1) is 16.5. The summed E-state index contributed by atoms with van der Waals surface area (Å²) < 4.78 is 14.7. The molecule has 2 atom stereocenters. The predicted octanol–water partition coefficient (Wildman–Crippen LogP) is 6.92. The number of benzene rings is 3. The largest absolute Gasteiger partial charge is 0.496 e. The van der Waals surface area contributed by atoms with Crippen LogP contribution in [0.5, 0.6) is 11.5 Å². The molecular formula is C25H17BrCl2N4O2. The van der Waals surface area contributed by atoms with Gasteiger partial charge in [0.2, 0.25) is 5.95 Å². The first kappa shape index (κ1) is 21.5. The van der Waals surface area contributed by atoms with Gasteiger partial charge < -0.3 is 14.8 Å². The quantitative estimate of drug-likeness (QED) is 0.297. The molecule has 0 aliphatic carbocycles. The maximum atomic E-state index is 6.73. The number of para-hydroxylation sites is 1. The molecule has 4 aromatic rings. The Balaban J connectivity index is 1.63. The zero-order chi connectivity index (χ0) is 23.4. The van der Waals surface area contributed by atoms with Gasteiger partial charge in [0.1, 0.15) is 30.0 Å². The topological polar surface area (TPSA) is 61.2 Å². The molecule has 0 amide bonds. The molecule has 0 saturated heterocycles. The fourth-order valence-electron chi connectivity index (χ4n) is 4.56. The van der Waals surface area contributed by atoms with E-state index >= 15 is 0 Å². The summed E-state index contributed by atoms with van der Waals surface area (Å²) in [7, 11) is 1.64. The van der Waals surface area contributed by atoms with Gasteiger partial charge in [-0.25, -0.2) is 4.68 Å². The number of rotatable bonds is 3. The van der Waals surface area contributed by atoms with Crippen LogP contribution >= 0.6 is 39.1 Å². The molecule has 6 nitrogen and oxygen atoms in total. The summed E-state index contributed by atoms with van der Waals surface area (Å²) >= 11 is 16.6. The number of hydrogen-bond acceptors (Lipinski definition) is 5. The third kappa shape index (κ3) is 3.38. The second-order valence-corrected chi connectivity index (χ2v) is 9.64. The van der Waals surface area contributed by atoms with Crippen molar-refractivity contribution in [1.29, 1.82) is 0 Å². The summed E-state index contributed by atoms with van der Waals surface area (Å²) in [4.78, 5) is 4.45. The van der Waals surface area contributed by atoms with E-state index in [1.165, 1.54) is 6.33 Å². The molecule has 3 aromatic carbocycles. The molecule has 1 N–H and O–H groups in total. The smallest absolute Gasteiger partial charge is 0.226 e. The minimum atomic E-state index is -0.422. The highest BCUT2D eigenvalue weighted by molar-refractivity contribution is 9.10. The number of halogens is 3. The molecule has 34 heavy (non-hydrogen) atoms. The van der Waals surface area contributed by atoms with Gasteiger partial charge in [0.05, 0.1) is 17.3 Å². The van der Waals surface area contributed by atoms with E-state index in [0.717, 1.165) is 43.9 Å². The number of fused-ring (bicyclic) bond motifs is 3. The number of nitrogens with zero attached hydrogens (tertiary/aromatic N) is 3. The average molecular weight is 556 g/mol. The second kappa shape index (κ2) is 8.34. The predicted molar refractivity (Wildman–Crippen MR) is 136 cm³/mol. The van der Waals surface area contributed by atoms with Crippen LogP contribution < -0.4 is 14.8 Å². The highest BCUT2D eigenvalue weighted by Gasteiger charge is 2.41. The summed E-state index contributed by atoms with van der Waals surface area (Å²) in [5.41, 5.74) is 4.65. The van der Waals surface area contributed by atoms with E-state index in [0.29, 0.717) is 16.0 Å². The lowest BCUT2D eigenvalue weighted by atomic mass is 9.84. The van der Waals surface area contributed by atoms with E-state index in [9.17, 15) is 0 Å². The number of aromatic nitrogens is 3. The van der Waals surface area contributed by atoms with Crippen LogP contribution in [-0.4, -0.2) is 21.9 Å². The molecular weight excluding hydrogens is 539 g/mol. The van der Waals surface area contributed by atoms with E-state index in [2.05, 4.69) is 31.3 Å². The third-order valence-electron chi connectivity index (χ3n) is 6.06. The summed E-state index contributed by atoms with van der Waals surface area (Å²) in [6.45, 7) is 0. The molecule has 9 heteroatoms. The van der Waals surface area contributed by atoms with Gasteiger partial charge in [-0.2, -0.15) is 10.1 Å². The molecule has 2 unspecified atom stereocenters. The summed E-state index contributed by atoms with van der Waals surface area (Å²) in [5.74, 6) is 2.15. The fourth-order valence-corrected chi connectivity index (χ4v) is 5.63. The average Bonchev–Trinajstić information content (AvgIpc) is 3.31. The summed E-state index contributed by atoms with van der Waals surface area (Å²) in [5, 5.41) is 9.13. The molecule has 0 saturated carbocycles. The number of ether oxygens (including phenoxy) is 2. The van der Waals surface area contributed by atoms with Crippen molar-refractivity contribution < 1.29 is 9.47 Å². The standard InChI is InChI=1S/C25H17BrCl2N4O2/c1-33-20-9-6-13(10-17(20)26)24-21-22(16-4-2-3-5-19(16)34-24)31-25-29-12-30-32(25)23(21)15-8-7-14(27)11-18(15)28/h2-12,23-24H,1H3,(H,29,30,31). The van der Waals surface area contributed by atoms with Gasteiger partial charge in [-0.15, -0.1) is 0 Å². The van der Waals surface area contributed by atoms with E-state index < -0.39 is 6.10 Å². The van der Waals surface area contributed by atoms with E-state index in [-0.39, 0.29) is 6.04 Å². The number of anilines is 1. The Morgan fingerprint density at radius 1 is 1.09 bits per heavy atom. The fraction of sp³-hybridized carbons (Fsp3) is 0.120. The van der Waals surface area contributed by atoms with Crippen LogP contribution in [0, 0.1) is 0 Å². The Morgan fingerprint density at radius 3 is 2.74 bits per heavy atom. The molecule has 1 aromatic heterocycles. The highest BCUT2D eigenvalue weighted by atomic mass is 79.9. The summed E-state index contributed by atoms with van der Waals surface area (Å²) in [6.07, 6.45) is 1.11. The lowest BCUT2D eigenvalue weighted by Crippen LogP contribution is -2.32. The zero-order valence-electron chi connectivity index (χ0n) is 17.8. The van der Waals surface area contributed by atoms with Crippen molar-refractivity contribution >= 4 is 50.8 Å². The van der Waals surface area contributed by atoms with Crippen LogP contribution in [-0.2, 0) is 0 Å². The van der Waals surface area contributed by atoms with Crippen LogP contribution in [0.15, 0.2) is 77.0 Å². The van der Waals surface area contributed by atoms with Gasteiger partial charge in [-0.3, -0.25) is 0 Å². The molecule has 0 radical (unpaired) electrons. The van der Waals surface area contributed by atoms with Gasteiger partial charge in [-0.05, 0) is 63.5 Å². The van der Waals surface area contributed by atoms with Gasteiger partial charge in [0, 0.05) is 21.2 Å². The Bertz CT molecular complexity index is 1470. The van der Waals surface area contributed by atoms with Crippen LogP contribution in [0.4, 0.5) is 5.95 Å². The Hall–Kier alpha value is -3.00. The Labute approximate surface area is 214 Å². The maximum absolute atomic E-state index is 6.73. The van der Waals surface area contributed by atoms with Crippen LogP contribution in [0.25, 0.3) is 5.70 Å². The van der Waals surface area contributed by atoms with Crippen molar-refractivity contribution in [2.45, 2.75) is 12.1 Å². The van der Waals surface area contributed by atoms with Crippen molar-refractivity contribution in [3.63, 3.8) is 0 Å². The van der Waals surface area contributed by atoms with Gasteiger partial charge in [0.25, 0.3) is 0 Å². The van der Waals surface area contributed by atoms with Gasteiger partial charge in [0.15, 0.2) is 0 Å². The molecule has 3 heterocycles. The lowest BCUT2D eigenvalue weighted by molar-refractivity contribution is 0.223. The molecule has 0 spiro atoms. The lowest BCUT2D eigenvalue weighted by Gasteiger charge is -2.39. The zero-order valence-corrected chi connectivity index (χ0v) is 20.9. The van der Waals surface area contributed by atoms with Crippen molar-refractivity contribution in [3.8, 4) is 11.5 Å². The van der Waals surface area contributed by atoms with Gasteiger partial charge in [-0.1, -0.05) is 47.5 Å². The maximum Gasteiger partial charge on any atom is 0.226 e. The monoisotopic (exact) mass is 554 g/mol. The first-order valence-electron chi connectivity index (χ1n) is 10.5. The SMILES string of the molecule is COc1ccc(C2Oc3ccccc3C3=C2C(c2ccc(Cl)cc2Cl)n2ncnc2N3)cc1Br. The van der Waals surface area contributed by atoms with Crippen molar-refractivity contribution in [2.75, 3.05) is 12.4 Å². The number of hydrogen-bond donors (Lipinski definition) is 1. The number of nitrogens with one attached hydrogen (secondary N) is 1. The number of methoxy groups -OCH3 is 1. The molecule has 2 aliphatic rings. The Kier molecular flexibility index (Phi) is 5.28. The molecule has 0 bridgehead atoms. The van der Waals surface area contributed by atoms with Crippen molar-refractivity contribution in [2.24, 2.45) is 0 Å². The minimum Gasteiger partial charge on any atom is -0.496 e. The van der Waals surface area contributed by atoms with E-state index in [4.69, 9.17) is 32.7 Å². The normalized spacial score (nSPS) is 18.4. The summed E-state index contributed by atoms with van der Waals surface area (Å²) in [6, 6.07) is 19.0. The molecule has 6 rings (SSSR count). The highest BCUT2D eigenvalue weighted by Crippen LogP contribution is 2.52. The molecule has 170 valence electrons. The first-order valence-corrected chi connectivity index (χ1v) is 12.0. The molecule has 0 fully saturated rings. The van der Waals surface area contributed by atoms with E-state index in [1.807, 2.05) is 59.3 Å². The van der Waals surface area contributed by atoms with Crippen molar-refractivity contribution in [3.05, 3.63) is 104 Å². The second-order valence-electron chi connectivity index (χ2n) is 7.94. The Morgan fingerprint density at radius 2 is 1.94 bits per heavy atom. The van der Waals surface area contributed by atoms with Crippen LogP contribution in [0.1, 0.15) is 28.8 Å². The van der Waals surface area contributed by atoms with Crippen LogP contribution in [0.2, 0.25) is 10.0 Å². The van der Waals surface area contributed by atoms with Gasteiger partial charge >= 0.3 is 0 Å². The van der Waals surface area contributed by atoms with Crippen molar-refractivity contribution in [1.82, 2.24) is 14.8 Å². The third-order valence-corrected chi connectivity index (χ3v) is 7.24.